The molecule has 2 rings (SSSR count). The van der Waals surface area contributed by atoms with Crippen molar-refractivity contribution in [3.8, 4) is 0 Å². The van der Waals surface area contributed by atoms with Crippen LogP contribution in [0.4, 0.5) is 5.82 Å². The van der Waals surface area contributed by atoms with Crippen LogP contribution < -0.4 is 5.32 Å². The van der Waals surface area contributed by atoms with Crippen LogP contribution in [0.15, 0.2) is 34.8 Å². The van der Waals surface area contributed by atoms with Crippen molar-refractivity contribution in [1.29, 1.82) is 0 Å². The second-order valence-electron chi connectivity index (χ2n) is 3.79. The number of rotatable bonds is 3. The monoisotopic (exact) mass is 293 g/mol. The Morgan fingerprint density at radius 2 is 2.29 bits per heavy atom. The minimum Gasteiger partial charge on any atom is -0.309 e. The second-order valence-corrected chi connectivity index (χ2v) is 4.71. The molecule has 1 aromatic carbocycles. The van der Waals surface area contributed by atoms with E-state index in [1.165, 1.54) is 0 Å². The molecule has 0 aliphatic heterocycles. The van der Waals surface area contributed by atoms with E-state index in [0.29, 0.717) is 12.2 Å². The summed E-state index contributed by atoms with van der Waals surface area (Å²) >= 11 is 3.37. The third-order valence-corrected chi connectivity index (χ3v) is 2.72. The smallest absolute Gasteiger partial charge is 0.229 e. The fourth-order valence-electron chi connectivity index (χ4n) is 1.50. The van der Waals surface area contributed by atoms with Gasteiger partial charge in [0.25, 0.3) is 0 Å². The number of anilines is 1. The van der Waals surface area contributed by atoms with Crippen molar-refractivity contribution in [2.24, 2.45) is 0 Å². The van der Waals surface area contributed by atoms with Gasteiger partial charge >= 0.3 is 0 Å². The first-order chi connectivity index (χ1) is 8.13. The predicted octanol–water partition coefficient (Wildman–Crippen LogP) is 2.66. The van der Waals surface area contributed by atoms with Crippen molar-refractivity contribution in [3.05, 3.63) is 46.1 Å². The van der Waals surface area contributed by atoms with Crippen LogP contribution in [0, 0.1) is 6.92 Å². The quantitative estimate of drug-likeness (QED) is 0.914. The van der Waals surface area contributed by atoms with E-state index < -0.39 is 0 Å². The van der Waals surface area contributed by atoms with Crippen molar-refractivity contribution < 1.29 is 4.79 Å². The molecule has 0 bridgehead atoms. The van der Waals surface area contributed by atoms with Gasteiger partial charge in [0.05, 0.1) is 6.42 Å². The lowest BCUT2D eigenvalue weighted by atomic mass is 10.1. The topological polar surface area (TPSA) is 57.8 Å². The van der Waals surface area contributed by atoms with Gasteiger partial charge in [-0.15, -0.1) is 0 Å². The maximum absolute atomic E-state index is 11.7. The summed E-state index contributed by atoms with van der Waals surface area (Å²) in [6.45, 7) is 1.89. The molecule has 0 saturated heterocycles. The summed E-state index contributed by atoms with van der Waals surface area (Å²) in [6, 6.07) is 9.47. The van der Waals surface area contributed by atoms with Gasteiger partial charge in [0, 0.05) is 16.2 Å². The maximum atomic E-state index is 11.7. The normalized spacial score (nSPS) is 10.2. The minimum atomic E-state index is -0.0744. The molecular weight excluding hydrogens is 282 g/mol. The Hall–Kier alpha value is -1.62. The van der Waals surface area contributed by atoms with E-state index in [4.69, 9.17) is 0 Å². The fraction of sp³-hybridized carbons (Fsp3) is 0.167. The largest absolute Gasteiger partial charge is 0.309 e. The van der Waals surface area contributed by atoms with Crippen molar-refractivity contribution in [2.45, 2.75) is 13.3 Å². The molecule has 0 unspecified atom stereocenters. The molecule has 88 valence electrons. The molecule has 0 radical (unpaired) electrons. The Kier molecular flexibility index (Phi) is 3.58. The van der Waals surface area contributed by atoms with Crippen LogP contribution in [-0.4, -0.2) is 16.1 Å². The van der Waals surface area contributed by atoms with Gasteiger partial charge in [-0.05, 0) is 24.6 Å². The molecule has 5 heteroatoms. The molecule has 0 saturated carbocycles. The number of hydrogen-bond donors (Lipinski definition) is 2. The number of aromatic amines is 1. The lowest BCUT2D eigenvalue weighted by molar-refractivity contribution is -0.115. The first-order valence-electron chi connectivity index (χ1n) is 5.20. The Morgan fingerprint density at radius 3 is 2.94 bits per heavy atom. The first-order valence-corrected chi connectivity index (χ1v) is 5.99. The lowest BCUT2D eigenvalue weighted by Gasteiger charge is -2.02. The van der Waals surface area contributed by atoms with Gasteiger partial charge < -0.3 is 5.32 Å². The molecule has 1 amide bonds. The van der Waals surface area contributed by atoms with Crippen molar-refractivity contribution in [1.82, 2.24) is 10.2 Å². The van der Waals surface area contributed by atoms with Gasteiger partial charge in [-0.1, -0.05) is 28.1 Å². The van der Waals surface area contributed by atoms with Crippen LogP contribution in [0.5, 0.6) is 0 Å². The summed E-state index contributed by atoms with van der Waals surface area (Å²) < 4.78 is 0.971. The molecule has 0 aliphatic carbocycles. The van der Waals surface area contributed by atoms with Gasteiger partial charge in [-0.3, -0.25) is 9.89 Å². The van der Waals surface area contributed by atoms with E-state index in [1.54, 1.807) is 6.07 Å². The number of nitrogens with zero attached hydrogens (tertiary/aromatic N) is 1. The molecule has 1 heterocycles. The van der Waals surface area contributed by atoms with E-state index >= 15 is 0 Å². The average molecular weight is 294 g/mol. The summed E-state index contributed by atoms with van der Waals surface area (Å²) in [5, 5.41) is 9.46. The zero-order chi connectivity index (χ0) is 12.3. The standard InChI is InChI=1S/C12H12BrN3O/c1-8-5-11(16-15-8)14-12(17)7-9-3-2-4-10(13)6-9/h2-6H,7H2,1H3,(H2,14,15,16,17). The summed E-state index contributed by atoms with van der Waals surface area (Å²) in [7, 11) is 0. The Balaban J connectivity index is 1.98. The number of nitrogens with one attached hydrogen (secondary N) is 2. The number of aryl methyl sites for hydroxylation is 1. The third-order valence-electron chi connectivity index (χ3n) is 2.23. The highest BCUT2D eigenvalue weighted by Gasteiger charge is 2.06. The predicted molar refractivity (Wildman–Crippen MR) is 69.8 cm³/mol. The number of carbonyl (C=O) groups excluding carboxylic acids is 1. The van der Waals surface area contributed by atoms with Gasteiger partial charge in [0.1, 0.15) is 0 Å². The van der Waals surface area contributed by atoms with Gasteiger partial charge in [-0.25, -0.2) is 0 Å². The van der Waals surface area contributed by atoms with Crippen molar-refractivity contribution in [2.75, 3.05) is 5.32 Å². The Bertz CT molecular complexity index is 536. The summed E-state index contributed by atoms with van der Waals surface area (Å²) in [4.78, 5) is 11.7. The molecule has 17 heavy (non-hydrogen) atoms. The van der Waals surface area contributed by atoms with E-state index in [1.807, 2.05) is 31.2 Å². The highest BCUT2D eigenvalue weighted by Crippen LogP contribution is 2.12. The van der Waals surface area contributed by atoms with Gasteiger partial charge in [-0.2, -0.15) is 5.10 Å². The molecule has 2 aromatic rings. The maximum Gasteiger partial charge on any atom is 0.229 e. The number of amides is 1. The highest BCUT2D eigenvalue weighted by molar-refractivity contribution is 9.10. The number of aromatic nitrogens is 2. The number of carbonyl (C=O) groups is 1. The summed E-state index contributed by atoms with van der Waals surface area (Å²) in [5.41, 5.74) is 1.88. The molecular formula is C12H12BrN3O. The molecule has 4 nitrogen and oxygen atoms in total. The molecule has 1 aromatic heterocycles. The fourth-order valence-corrected chi connectivity index (χ4v) is 1.95. The van der Waals surface area contributed by atoms with Crippen LogP contribution in [0.2, 0.25) is 0 Å². The Labute approximate surface area is 108 Å². The molecule has 0 atom stereocenters. The average Bonchev–Trinajstić information content (AvgIpc) is 2.63. The van der Waals surface area contributed by atoms with E-state index in [9.17, 15) is 4.79 Å². The lowest BCUT2D eigenvalue weighted by Crippen LogP contribution is -2.14. The number of halogens is 1. The summed E-state index contributed by atoms with van der Waals surface area (Å²) in [6.07, 6.45) is 0.339. The van der Waals surface area contributed by atoms with Crippen LogP contribution in [0.25, 0.3) is 0 Å². The third kappa shape index (κ3) is 3.42. The second kappa shape index (κ2) is 5.14. The van der Waals surface area contributed by atoms with E-state index in [2.05, 4.69) is 31.4 Å². The molecule has 0 fully saturated rings. The van der Waals surface area contributed by atoms with Gasteiger partial charge in [0.15, 0.2) is 5.82 Å². The number of hydrogen-bond acceptors (Lipinski definition) is 2. The molecule has 2 N–H and O–H groups in total. The minimum absolute atomic E-state index is 0.0744. The Morgan fingerprint density at radius 1 is 1.47 bits per heavy atom. The van der Waals surface area contributed by atoms with Crippen LogP contribution in [-0.2, 0) is 11.2 Å². The van der Waals surface area contributed by atoms with Crippen molar-refractivity contribution in [3.63, 3.8) is 0 Å². The SMILES string of the molecule is Cc1cc(NC(=O)Cc2cccc(Br)c2)n[nH]1. The van der Waals surface area contributed by atoms with E-state index in [0.717, 1.165) is 15.7 Å². The molecule has 0 spiro atoms. The van der Waals surface area contributed by atoms with E-state index in [-0.39, 0.29) is 5.91 Å². The first kappa shape index (κ1) is 11.9. The molecule has 0 aliphatic rings. The summed E-state index contributed by atoms with van der Waals surface area (Å²) in [5.74, 6) is 0.483. The highest BCUT2D eigenvalue weighted by atomic mass is 79.9. The zero-order valence-electron chi connectivity index (χ0n) is 9.33. The zero-order valence-corrected chi connectivity index (χ0v) is 10.9. The van der Waals surface area contributed by atoms with Gasteiger partial charge in [0.2, 0.25) is 5.91 Å². The van der Waals surface area contributed by atoms with Crippen LogP contribution in [0.1, 0.15) is 11.3 Å². The van der Waals surface area contributed by atoms with Crippen LogP contribution >= 0.6 is 15.9 Å². The van der Waals surface area contributed by atoms with Crippen LogP contribution in [0.3, 0.4) is 0 Å². The van der Waals surface area contributed by atoms with Crippen molar-refractivity contribution >= 4 is 27.7 Å². The number of benzene rings is 1. The number of H-pyrrole nitrogens is 1.